The first-order valence-electron chi connectivity index (χ1n) is 8.08. The summed E-state index contributed by atoms with van der Waals surface area (Å²) in [5.41, 5.74) is 0.254. The molecule has 3 heterocycles. The third-order valence-electron chi connectivity index (χ3n) is 5.29. The Labute approximate surface area is 122 Å². The molecule has 0 bridgehead atoms. The summed E-state index contributed by atoms with van der Waals surface area (Å²) < 4.78 is 29.1. The van der Waals surface area contributed by atoms with Crippen LogP contribution in [-0.2, 0) is 10.2 Å². The molecule has 0 aromatic heterocycles. The third kappa shape index (κ3) is 2.89. The molecule has 3 aliphatic rings. The molecule has 0 aromatic rings. The Hall–Kier alpha value is -0.170. The highest BCUT2D eigenvalue weighted by Crippen LogP contribution is 2.40. The molecule has 0 amide bonds. The molecule has 0 aromatic carbocycles. The van der Waals surface area contributed by atoms with Gasteiger partial charge >= 0.3 is 0 Å². The molecule has 0 saturated carbocycles. The van der Waals surface area contributed by atoms with Crippen molar-refractivity contribution in [3.8, 4) is 0 Å². The quantitative estimate of drug-likeness (QED) is 0.833. The summed E-state index contributed by atoms with van der Waals surface area (Å²) in [7, 11) is -3.21. The fourth-order valence-electron chi connectivity index (χ4n) is 3.89. The second-order valence-electron chi connectivity index (χ2n) is 6.65. The predicted octanol–water partition coefficient (Wildman–Crippen LogP) is 1.18. The van der Waals surface area contributed by atoms with Gasteiger partial charge in [-0.25, -0.2) is 0 Å². The van der Waals surface area contributed by atoms with Crippen LogP contribution in [0.15, 0.2) is 0 Å². The molecule has 0 radical (unpaired) electrons. The second kappa shape index (κ2) is 5.91. The third-order valence-corrected chi connectivity index (χ3v) is 7.27. The standard InChI is InChI=1S/C14H27N3O2S/c18-20(19,16-10-3-1-2-4-11-16)17-12-7-14(13-17)5-8-15-9-6-14/h15H,1-13H2. The Morgan fingerprint density at radius 3 is 2.10 bits per heavy atom. The molecule has 1 spiro atoms. The van der Waals surface area contributed by atoms with Gasteiger partial charge in [-0.2, -0.15) is 17.0 Å². The van der Waals surface area contributed by atoms with E-state index in [4.69, 9.17) is 0 Å². The lowest BCUT2D eigenvalue weighted by molar-refractivity contribution is 0.215. The first-order chi connectivity index (χ1) is 9.62. The maximum Gasteiger partial charge on any atom is 0.281 e. The summed E-state index contributed by atoms with van der Waals surface area (Å²) in [6.07, 6.45) is 7.66. The van der Waals surface area contributed by atoms with Crippen LogP contribution in [0.3, 0.4) is 0 Å². The smallest absolute Gasteiger partial charge is 0.281 e. The maximum atomic E-state index is 12.8. The molecule has 5 nitrogen and oxygen atoms in total. The van der Waals surface area contributed by atoms with E-state index >= 15 is 0 Å². The normalized spacial score (nSPS) is 29.6. The Morgan fingerprint density at radius 1 is 0.800 bits per heavy atom. The molecule has 3 saturated heterocycles. The average molecular weight is 301 g/mol. The monoisotopic (exact) mass is 301 g/mol. The van der Waals surface area contributed by atoms with Crippen molar-refractivity contribution >= 4 is 10.2 Å². The fourth-order valence-corrected chi connectivity index (χ4v) is 5.70. The summed E-state index contributed by atoms with van der Waals surface area (Å²) in [4.78, 5) is 0. The van der Waals surface area contributed by atoms with Crippen molar-refractivity contribution < 1.29 is 8.42 Å². The van der Waals surface area contributed by atoms with Crippen LogP contribution in [-0.4, -0.2) is 56.3 Å². The lowest BCUT2D eigenvalue weighted by atomic mass is 9.78. The van der Waals surface area contributed by atoms with Crippen molar-refractivity contribution in [2.24, 2.45) is 5.41 Å². The van der Waals surface area contributed by atoms with Gasteiger partial charge in [0.05, 0.1) is 0 Å². The highest BCUT2D eigenvalue weighted by Gasteiger charge is 2.44. The van der Waals surface area contributed by atoms with Gasteiger partial charge < -0.3 is 5.32 Å². The number of nitrogens with zero attached hydrogens (tertiary/aromatic N) is 2. The predicted molar refractivity (Wildman–Crippen MR) is 79.7 cm³/mol. The number of rotatable bonds is 2. The molecule has 0 aliphatic carbocycles. The molecule has 1 N–H and O–H groups in total. The van der Waals surface area contributed by atoms with Crippen LogP contribution in [0.5, 0.6) is 0 Å². The van der Waals surface area contributed by atoms with E-state index in [9.17, 15) is 8.42 Å². The van der Waals surface area contributed by atoms with Gasteiger partial charge in [-0.15, -0.1) is 0 Å². The molecular formula is C14H27N3O2S. The molecule has 3 fully saturated rings. The molecule has 20 heavy (non-hydrogen) atoms. The molecule has 0 unspecified atom stereocenters. The van der Waals surface area contributed by atoms with Gasteiger partial charge in [0.2, 0.25) is 0 Å². The van der Waals surface area contributed by atoms with E-state index in [2.05, 4.69) is 5.32 Å². The SMILES string of the molecule is O=S(=O)(N1CCCCCC1)N1CCC2(CCNCC2)C1. The number of hydrogen-bond acceptors (Lipinski definition) is 3. The van der Waals surface area contributed by atoms with Crippen molar-refractivity contribution in [2.75, 3.05) is 39.3 Å². The topological polar surface area (TPSA) is 52.7 Å². The van der Waals surface area contributed by atoms with E-state index in [1.807, 2.05) is 0 Å². The van der Waals surface area contributed by atoms with E-state index < -0.39 is 10.2 Å². The summed E-state index contributed by atoms with van der Waals surface area (Å²) in [6.45, 7) is 4.97. The Bertz CT molecular complexity index is 424. The van der Waals surface area contributed by atoms with Gasteiger partial charge in [0, 0.05) is 26.2 Å². The van der Waals surface area contributed by atoms with Crippen molar-refractivity contribution in [1.29, 1.82) is 0 Å². The minimum atomic E-state index is -3.21. The first-order valence-corrected chi connectivity index (χ1v) is 9.48. The van der Waals surface area contributed by atoms with E-state index in [0.29, 0.717) is 13.1 Å². The van der Waals surface area contributed by atoms with E-state index in [-0.39, 0.29) is 5.41 Å². The van der Waals surface area contributed by atoms with Crippen molar-refractivity contribution in [3.05, 3.63) is 0 Å². The van der Waals surface area contributed by atoms with Crippen LogP contribution in [0.2, 0.25) is 0 Å². The van der Waals surface area contributed by atoms with Gasteiger partial charge in [-0.1, -0.05) is 12.8 Å². The number of hydrogen-bond donors (Lipinski definition) is 1. The Morgan fingerprint density at radius 2 is 1.45 bits per heavy atom. The zero-order valence-electron chi connectivity index (χ0n) is 12.3. The van der Waals surface area contributed by atoms with Crippen LogP contribution >= 0.6 is 0 Å². The number of piperidine rings is 1. The van der Waals surface area contributed by atoms with Crippen molar-refractivity contribution in [2.45, 2.75) is 44.9 Å². The Balaban J connectivity index is 1.69. The zero-order valence-corrected chi connectivity index (χ0v) is 13.1. The van der Waals surface area contributed by atoms with Crippen LogP contribution in [0.1, 0.15) is 44.9 Å². The highest BCUT2D eigenvalue weighted by molar-refractivity contribution is 7.86. The van der Waals surface area contributed by atoms with Crippen molar-refractivity contribution in [1.82, 2.24) is 13.9 Å². The molecule has 3 rings (SSSR count). The average Bonchev–Trinajstić information content (AvgIpc) is 2.69. The minimum Gasteiger partial charge on any atom is -0.317 e. The van der Waals surface area contributed by atoms with Crippen molar-refractivity contribution in [3.63, 3.8) is 0 Å². The molecule has 116 valence electrons. The molecular weight excluding hydrogens is 274 g/mol. The van der Waals surface area contributed by atoms with E-state index in [1.165, 1.54) is 12.8 Å². The maximum absolute atomic E-state index is 12.8. The number of nitrogens with one attached hydrogen (secondary N) is 1. The van der Waals surface area contributed by atoms with Crippen LogP contribution in [0, 0.1) is 5.41 Å². The highest BCUT2D eigenvalue weighted by atomic mass is 32.2. The molecule has 6 heteroatoms. The molecule has 0 atom stereocenters. The lowest BCUT2D eigenvalue weighted by Crippen LogP contribution is -2.45. The minimum absolute atomic E-state index is 0.254. The summed E-state index contributed by atoms with van der Waals surface area (Å²) in [6, 6.07) is 0. The summed E-state index contributed by atoms with van der Waals surface area (Å²) in [5, 5.41) is 3.38. The first kappa shape index (κ1) is 14.8. The van der Waals surface area contributed by atoms with Crippen LogP contribution in [0.25, 0.3) is 0 Å². The molecule has 3 aliphatic heterocycles. The zero-order chi connectivity index (χ0) is 14.1. The summed E-state index contributed by atoms with van der Waals surface area (Å²) in [5.74, 6) is 0. The van der Waals surface area contributed by atoms with E-state index in [1.54, 1.807) is 8.61 Å². The lowest BCUT2D eigenvalue weighted by Gasteiger charge is -2.34. The second-order valence-corrected chi connectivity index (χ2v) is 8.58. The fraction of sp³-hybridized carbons (Fsp3) is 1.00. The van der Waals surface area contributed by atoms with Gasteiger partial charge in [0.25, 0.3) is 10.2 Å². The van der Waals surface area contributed by atoms with Gasteiger partial charge in [-0.3, -0.25) is 0 Å². The van der Waals surface area contributed by atoms with E-state index in [0.717, 1.165) is 58.3 Å². The summed E-state index contributed by atoms with van der Waals surface area (Å²) >= 11 is 0. The van der Waals surface area contributed by atoms with Gasteiger partial charge in [0.1, 0.15) is 0 Å². The van der Waals surface area contributed by atoms with Crippen LogP contribution in [0.4, 0.5) is 0 Å². The largest absolute Gasteiger partial charge is 0.317 e. The van der Waals surface area contributed by atoms with Gasteiger partial charge in [0.15, 0.2) is 0 Å². The Kier molecular flexibility index (Phi) is 4.36. The van der Waals surface area contributed by atoms with Gasteiger partial charge in [-0.05, 0) is 50.6 Å². The van der Waals surface area contributed by atoms with Crippen LogP contribution < -0.4 is 5.32 Å².